The van der Waals surface area contributed by atoms with Crippen molar-refractivity contribution in [2.24, 2.45) is 7.05 Å². The first kappa shape index (κ1) is 49.5. The Morgan fingerprint density at radius 2 is 1.73 bits per heavy atom. The normalized spacial score (nSPS) is 25.2. The summed E-state index contributed by atoms with van der Waals surface area (Å²) in [4.78, 5) is 74.2. The van der Waals surface area contributed by atoms with Gasteiger partial charge in [-0.05, 0) is 93.5 Å². The number of nitrogens with zero attached hydrogens (tertiary/aromatic N) is 9. The molecule has 2 N–H and O–H groups in total. The molecule has 7 saturated heterocycles. The van der Waals surface area contributed by atoms with Gasteiger partial charge in [0.25, 0.3) is 0 Å². The number of carbonyl (C=O) groups excluding carboxylic acids is 3. The van der Waals surface area contributed by atoms with Gasteiger partial charge in [-0.3, -0.25) is 38.8 Å². The molecule has 77 heavy (non-hydrogen) atoms. The molecule has 3 unspecified atom stereocenters. The summed E-state index contributed by atoms with van der Waals surface area (Å²) in [6.45, 7) is 6.14. The van der Waals surface area contributed by atoms with E-state index in [-0.39, 0.29) is 96.0 Å². The number of pyridine rings is 1. The third kappa shape index (κ3) is 8.94. The summed E-state index contributed by atoms with van der Waals surface area (Å²) in [6.07, 6.45) is 14.8. The largest absolute Gasteiger partial charge is 0.461 e. The average molecular weight is 1050 g/mol. The van der Waals surface area contributed by atoms with E-state index in [2.05, 4.69) is 36.2 Å². The number of amides is 3. The van der Waals surface area contributed by atoms with E-state index in [1.807, 2.05) is 24.3 Å². The van der Waals surface area contributed by atoms with Gasteiger partial charge in [0.05, 0.1) is 39.7 Å². The zero-order valence-corrected chi connectivity index (χ0v) is 43.0. The minimum atomic E-state index is -0.722. The number of halogens is 2. The van der Waals surface area contributed by atoms with E-state index in [4.69, 9.17) is 30.6 Å². The molecule has 7 fully saturated rings. The number of aryl methyl sites for hydroxylation is 1. The molecular weight excluding hydrogens is 989 g/mol. The van der Waals surface area contributed by atoms with Gasteiger partial charge in [0.2, 0.25) is 11.8 Å². The molecule has 7 aliphatic rings. The predicted molar refractivity (Wildman–Crippen MR) is 282 cm³/mol. The maximum absolute atomic E-state index is 17.2. The number of hydrogen-bond donors (Lipinski definition) is 2. The van der Waals surface area contributed by atoms with Crippen LogP contribution in [0.3, 0.4) is 0 Å². The highest BCUT2D eigenvalue weighted by Gasteiger charge is 2.50. The number of carbonyl (C=O) groups is 3. The Labute approximate surface area is 443 Å². The van der Waals surface area contributed by atoms with Crippen molar-refractivity contribution in [3.8, 4) is 29.6 Å². The van der Waals surface area contributed by atoms with Crippen molar-refractivity contribution in [3.05, 3.63) is 88.0 Å². The number of rotatable bonds is 12. The number of imide groups is 1. The topological polar surface area (TPSA) is 182 Å². The van der Waals surface area contributed by atoms with Crippen molar-refractivity contribution in [1.82, 2.24) is 49.4 Å². The van der Waals surface area contributed by atoms with E-state index in [1.165, 1.54) is 10.6 Å². The number of anilines is 1. The maximum Gasteiger partial charge on any atom is 0.409 e. The van der Waals surface area contributed by atoms with Crippen LogP contribution in [0.15, 0.2) is 59.5 Å². The van der Waals surface area contributed by atoms with Crippen LogP contribution >= 0.6 is 0 Å². The second-order valence-electron chi connectivity index (χ2n) is 22.2. The Morgan fingerprint density at radius 1 is 0.909 bits per heavy atom. The molecule has 13 rings (SSSR count). The Kier molecular flexibility index (Phi) is 12.7. The van der Waals surface area contributed by atoms with Crippen molar-refractivity contribution in [3.63, 3.8) is 0 Å². The molecule has 0 aliphatic carbocycles. The van der Waals surface area contributed by atoms with Crippen LogP contribution in [0.1, 0.15) is 81.4 Å². The van der Waals surface area contributed by atoms with Crippen molar-refractivity contribution in [2.45, 2.75) is 113 Å². The summed E-state index contributed by atoms with van der Waals surface area (Å²) in [5.74, 6) is 1.03. The lowest BCUT2D eigenvalue weighted by molar-refractivity contribution is -0.135. The van der Waals surface area contributed by atoms with Gasteiger partial charge in [0.1, 0.15) is 42.1 Å². The second kappa shape index (κ2) is 19.8. The van der Waals surface area contributed by atoms with Crippen molar-refractivity contribution >= 4 is 56.4 Å². The summed E-state index contributed by atoms with van der Waals surface area (Å²) < 4.78 is 54.4. The third-order valence-electron chi connectivity index (χ3n) is 17.5. The van der Waals surface area contributed by atoms with E-state index in [1.54, 1.807) is 40.9 Å². The number of ether oxygens (including phenoxy) is 3. The number of piperidine rings is 2. The number of imidazole rings is 1. The van der Waals surface area contributed by atoms with E-state index in [0.29, 0.717) is 72.2 Å². The van der Waals surface area contributed by atoms with Gasteiger partial charge >= 0.3 is 17.8 Å². The first-order chi connectivity index (χ1) is 37.4. The predicted octanol–water partition coefficient (Wildman–Crippen LogP) is 5.55. The number of piperazine rings is 1. The van der Waals surface area contributed by atoms with Crippen molar-refractivity contribution in [2.75, 3.05) is 63.9 Å². The zero-order chi connectivity index (χ0) is 52.7. The number of nitrogens with one attached hydrogen (secondary N) is 2. The van der Waals surface area contributed by atoms with Crippen LogP contribution in [0, 0.1) is 24.0 Å². The van der Waals surface area contributed by atoms with Gasteiger partial charge < -0.3 is 29.3 Å². The molecule has 10 heterocycles. The lowest BCUT2D eigenvalue weighted by Gasteiger charge is -2.42. The van der Waals surface area contributed by atoms with Gasteiger partial charge in [-0.1, -0.05) is 36.3 Å². The fraction of sp³-hybridized carbons (Fsp3) is 0.491. The Balaban J connectivity index is 0.620. The van der Waals surface area contributed by atoms with Crippen LogP contribution in [0.2, 0.25) is 0 Å². The third-order valence-corrected chi connectivity index (χ3v) is 17.5. The van der Waals surface area contributed by atoms with Crippen molar-refractivity contribution in [1.29, 1.82) is 0 Å². The summed E-state index contributed by atoms with van der Waals surface area (Å²) >= 11 is 0. The van der Waals surface area contributed by atoms with Crippen LogP contribution in [-0.2, 0) is 32.7 Å². The van der Waals surface area contributed by atoms with Gasteiger partial charge in [0, 0.05) is 94.6 Å². The zero-order valence-electron chi connectivity index (χ0n) is 43.0. The van der Waals surface area contributed by atoms with Crippen LogP contribution in [0.25, 0.3) is 44.0 Å². The number of benzene rings is 3. The van der Waals surface area contributed by atoms with E-state index < -0.39 is 23.6 Å². The molecule has 3 amide bonds. The van der Waals surface area contributed by atoms with Crippen LogP contribution < -0.4 is 26.0 Å². The summed E-state index contributed by atoms with van der Waals surface area (Å²) in [7, 11) is 1.70. The quantitative estimate of drug-likeness (QED) is 0.115. The van der Waals surface area contributed by atoms with Gasteiger partial charge in [0.15, 0.2) is 5.82 Å². The highest BCUT2D eigenvalue weighted by Crippen LogP contribution is 2.44. The molecule has 0 radical (unpaired) electrons. The van der Waals surface area contributed by atoms with Gasteiger partial charge in [-0.15, -0.1) is 6.42 Å². The minimum absolute atomic E-state index is 0.0117. The van der Waals surface area contributed by atoms with Crippen LogP contribution in [-0.4, -0.2) is 152 Å². The Hall–Kier alpha value is -7.05. The molecule has 0 saturated carbocycles. The molecule has 3 aromatic heterocycles. The first-order valence-electron chi connectivity index (χ1n) is 27.2. The van der Waals surface area contributed by atoms with E-state index >= 15 is 8.78 Å². The SMILES string of the molecule is C#Cc1c(F)ccc2cccc(-c3ncc4c(N5CC6CCC(C5)N6)nc(OC[C@@]56CCCN5[C@H](COC(=O)N5CCC(OC7CN(Cc8ccc9c(c8)n(C)c(=O)n9C8CCC(=O)NC8=O)C7)CC5)CC6)nc4c3F)c12. The molecule has 18 nitrogen and oxygen atoms in total. The highest BCUT2D eigenvalue weighted by molar-refractivity contribution is 6.02. The lowest BCUT2D eigenvalue weighted by atomic mass is 9.95. The molecule has 6 aromatic rings. The minimum Gasteiger partial charge on any atom is -0.461 e. The first-order valence-corrected chi connectivity index (χ1v) is 27.2. The highest BCUT2D eigenvalue weighted by atomic mass is 19.1. The number of aromatic nitrogens is 5. The number of fused-ring (bicyclic) bond motifs is 6. The molecular formula is C57H61F2N11O7. The van der Waals surface area contributed by atoms with Gasteiger partial charge in [-0.2, -0.15) is 9.97 Å². The number of likely N-dealkylation sites (tertiary alicyclic amines) is 2. The fourth-order valence-corrected chi connectivity index (χ4v) is 13.6. The maximum atomic E-state index is 17.2. The lowest BCUT2D eigenvalue weighted by Crippen LogP contribution is -2.53. The second-order valence-corrected chi connectivity index (χ2v) is 22.2. The van der Waals surface area contributed by atoms with Crippen LogP contribution in [0.5, 0.6) is 6.01 Å². The summed E-state index contributed by atoms with van der Waals surface area (Å²) in [6, 6.07) is 14.0. The van der Waals surface area contributed by atoms with Crippen molar-refractivity contribution < 1.29 is 37.4 Å². The molecule has 0 spiro atoms. The smallest absolute Gasteiger partial charge is 0.409 e. The summed E-state index contributed by atoms with van der Waals surface area (Å²) in [5, 5.41) is 7.57. The molecule has 5 atom stereocenters. The fourth-order valence-electron chi connectivity index (χ4n) is 13.6. The monoisotopic (exact) mass is 1050 g/mol. The standard InChI is InChI=1S/C57H61F2N11O7/c1-3-40-43(58)12-9-34-6-4-7-41(48(34)40)50-49(59)51-42(25-60-50)52(68-27-35-10-11-36(28-68)61-35)64-54(63-51)76-32-57-19-5-21-69(57)37(16-20-57)31-75-56(74)67-22-17-38(18-23-67)77-39-29-66(30-39)26-33-8-13-44-46(24-33)65(2)55(73)70(44)45-14-15-47(71)62-53(45)72/h1,4,6-9,12-13,24-25,35-39,45,61H,5,10-11,14-23,26-32H2,2H3,(H,62,71,72)/t35?,36?,37-,45?,57-/m0/s1. The Morgan fingerprint density at radius 3 is 2.52 bits per heavy atom. The molecule has 2 bridgehead atoms. The molecule has 400 valence electrons. The average Bonchev–Trinajstić information content (AvgIpc) is 4.28. The molecule has 3 aromatic carbocycles. The molecule has 7 aliphatic heterocycles. The summed E-state index contributed by atoms with van der Waals surface area (Å²) in [5.41, 5.74) is 2.34. The number of terminal acetylenes is 1. The van der Waals surface area contributed by atoms with E-state index in [9.17, 15) is 19.2 Å². The Bertz CT molecular complexity index is 3460. The number of hydrogen-bond acceptors (Lipinski definition) is 14. The van der Waals surface area contributed by atoms with Gasteiger partial charge in [-0.25, -0.2) is 18.4 Å². The molecule has 20 heteroatoms. The van der Waals surface area contributed by atoms with E-state index in [0.717, 1.165) is 82.1 Å². The van der Waals surface area contributed by atoms with Crippen LogP contribution in [0.4, 0.5) is 19.4 Å².